The van der Waals surface area contributed by atoms with Crippen molar-refractivity contribution in [1.29, 1.82) is 0 Å². The van der Waals surface area contributed by atoms with Crippen molar-refractivity contribution in [3.8, 4) is 0 Å². The highest BCUT2D eigenvalue weighted by Crippen LogP contribution is 2.53. The van der Waals surface area contributed by atoms with E-state index in [2.05, 4.69) is 23.8 Å². The molecule has 21 heavy (non-hydrogen) atoms. The van der Waals surface area contributed by atoms with Gasteiger partial charge in [0, 0.05) is 18.1 Å². The first kappa shape index (κ1) is 18.7. The molecular formula is C16H30IN3O. The lowest BCUT2D eigenvalue weighted by molar-refractivity contribution is -0.145. The van der Waals surface area contributed by atoms with Gasteiger partial charge in [-0.3, -0.25) is 0 Å². The lowest BCUT2D eigenvalue weighted by Gasteiger charge is -2.57. The van der Waals surface area contributed by atoms with Crippen LogP contribution in [0.15, 0.2) is 17.1 Å². The number of nitrogens with two attached hydrogens (primary N) is 1. The molecule has 122 valence electrons. The van der Waals surface area contributed by atoms with Crippen molar-refractivity contribution in [1.82, 2.24) is 5.32 Å². The van der Waals surface area contributed by atoms with Gasteiger partial charge < -0.3 is 15.8 Å². The summed E-state index contributed by atoms with van der Waals surface area (Å²) in [5.41, 5.74) is 7.32. The summed E-state index contributed by atoms with van der Waals surface area (Å²) in [6.45, 7) is 9.31. The van der Waals surface area contributed by atoms with Crippen LogP contribution in [-0.4, -0.2) is 31.3 Å². The summed E-state index contributed by atoms with van der Waals surface area (Å²) in [6, 6.07) is 0.424. The Labute approximate surface area is 146 Å². The molecule has 0 amide bonds. The summed E-state index contributed by atoms with van der Waals surface area (Å²) in [4.78, 5) is 4.34. The fraction of sp³-hybridized carbons (Fsp3) is 0.812. The molecule has 0 aromatic rings. The quantitative estimate of drug-likeness (QED) is 0.319. The number of ether oxygens (including phenoxy) is 1. The lowest BCUT2D eigenvalue weighted by Crippen LogP contribution is -2.66. The van der Waals surface area contributed by atoms with Gasteiger partial charge in [0.2, 0.25) is 0 Å². The Hall–Kier alpha value is -0.300. The van der Waals surface area contributed by atoms with E-state index >= 15 is 0 Å². The third-order valence-corrected chi connectivity index (χ3v) is 4.78. The SMILES string of the molecule is C=C(C)CN=C(N)NC1CC(OCC)C12CCCCC2.I. The Morgan fingerprint density at radius 2 is 2.05 bits per heavy atom. The second-order valence-corrected chi connectivity index (χ2v) is 6.33. The van der Waals surface area contributed by atoms with Crippen molar-refractivity contribution in [2.24, 2.45) is 16.1 Å². The molecule has 0 saturated heterocycles. The molecule has 5 heteroatoms. The smallest absolute Gasteiger partial charge is 0.189 e. The highest BCUT2D eigenvalue weighted by Gasteiger charge is 2.55. The Morgan fingerprint density at radius 1 is 1.38 bits per heavy atom. The average Bonchev–Trinajstić information content (AvgIpc) is 2.45. The molecule has 0 aliphatic heterocycles. The van der Waals surface area contributed by atoms with E-state index in [9.17, 15) is 0 Å². The highest BCUT2D eigenvalue weighted by atomic mass is 127. The third-order valence-electron chi connectivity index (χ3n) is 4.78. The number of nitrogens with zero attached hydrogens (tertiary/aromatic N) is 1. The molecule has 2 fully saturated rings. The third kappa shape index (κ3) is 4.34. The monoisotopic (exact) mass is 407 g/mol. The van der Waals surface area contributed by atoms with Gasteiger partial charge >= 0.3 is 0 Å². The van der Waals surface area contributed by atoms with Crippen molar-refractivity contribution < 1.29 is 4.74 Å². The Kier molecular flexibility index (Phi) is 7.47. The van der Waals surface area contributed by atoms with Gasteiger partial charge in [-0.2, -0.15) is 0 Å². The molecule has 3 N–H and O–H groups in total. The van der Waals surface area contributed by atoms with Gasteiger partial charge in [-0.1, -0.05) is 31.4 Å². The Bertz CT molecular complexity index is 378. The maximum absolute atomic E-state index is 6.00. The zero-order valence-corrected chi connectivity index (χ0v) is 15.7. The lowest BCUT2D eigenvalue weighted by atomic mass is 9.55. The topological polar surface area (TPSA) is 59.6 Å². The summed E-state index contributed by atoms with van der Waals surface area (Å²) >= 11 is 0. The molecule has 2 unspecified atom stereocenters. The van der Waals surface area contributed by atoms with Crippen LogP contribution >= 0.6 is 24.0 Å². The van der Waals surface area contributed by atoms with Crippen LogP contribution < -0.4 is 11.1 Å². The summed E-state index contributed by atoms with van der Waals surface area (Å²) in [5.74, 6) is 0.554. The highest BCUT2D eigenvalue weighted by molar-refractivity contribution is 14.0. The molecule has 2 atom stereocenters. The van der Waals surface area contributed by atoms with Crippen molar-refractivity contribution in [3.63, 3.8) is 0 Å². The van der Waals surface area contributed by atoms with E-state index in [1.807, 2.05) is 6.92 Å². The first-order valence-electron chi connectivity index (χ1n) is 7.91. The van der Waals surface area contributed by atoms with Gasteiger partial charge in [0.15, 0.2) is 5.96 Å². The fourth-order valence-corrected chi connectivity index (χ4v) is 3.71. The van der Waals surface area contributed by atoms with Crippen LogP contribution in [-0.2, 0) is 4.74 Å². The van der Waals surface area contributed by atoms with E-state index in [0.29, 0.717) is 24.7 Å². The summed E-state index contributed by atoms with van der Waals surface area (Å²) < 4.78 is 5.95. The van der Waals surface area contributed by atoms with Crippen molar-refractivity contribution in [2.75, 3.05) is 13.2 Å². The summed E-state index contributed by atoms with van der Waals surface area (Å²) in [5, 5.41) is 3.43. The predicted octanol–water partition coefficient (Wildman–Crippen LogP) is 3.21. The number of rotatable bonds is 5. The van der Waals surface area contributed by atoms with Crippen LogP contribution in [0.2, 0.25) is 0 Å². The van der Waals surface area contributed by atoms with Gasteiger partial charge in [-0.05, 0) is 33.1 Å². The number of hydrogen-bond donors (Lipinski definition) is 2. The molecule has 2 saturated carbocycles. The molecule has 0 aromatic carbocycles. The van der Waals surface area contributed by atoms with E-state index in [1.165, 1.54) is 32.1 Å². The van der Waals surface area contributed by atoms with Crippen molar-refractivity contribution >= 4 is 29.9 Å². The molecule has 0 bridgehead atoms. The van der Waals surface area contributed by atoms with Crippen molar-refractivity contribution in [2.45, 2.75) is 64.5 Å². The summed E-state index contributed by atoms with van der Waals surface area (Å²) in [7, 11) is 0. The second-order valence-electron chi connectivity index (χ2n) is 6.33. The number of halogens is 1. The van der Waals surface area contributed by atoms with E-state index in [4.69, 9.17) is 10.5 Å². The van der Waals surface area contributed by atoms with Crippen LogP contribution in [0.4, 0.5) is 0 Å². The van der Waals surface area contributed by atoms with E-state index in [1.54, 1.807) is 0 Å². The minimum absolute atomic E-state index is 0. The molecule has 4 nitrogen and oxygen atoms in total. The maximum atomic E-state index is 6.00. The zero-order chi connectivity index (χ0) is 14.6. The van der Waals surface area contributed by atoms with Gasteiger partial charge in [0.25, 0.3) is 0 Å². The molecule has 2 rings (SSSR count). The van der Waals surface area contributed by atoms with E-state index in [-0.39, 0.29) is 29.4 Å². The van der Waals surface area contributed by atoms with Gasteiger partial charge in [-0.15, -0.1) is 24.0 Å². The van der Waals surface area contributed by atoms with Crippen molar-refractivity contribution in [3.05, 3.63) is 12.2 Å². The van der Waals surface area contributed by atoms with Gasteiger partial charge in [0.1, 0.15) is 0 Å². The molecule has 0 aromatic heterocycles. The van der Waals surface area contributed by atoms with E-state index < -0.39 is 0 Å². The Morgan fingerprint density at radius 3 is 2.62 bits per heavy atom. The molecule has 2 aliphatic rings. The number of nitrogens with one attached hydrogen (secondary N) is 1. The van der Waals surface area contributed by atoms with Crippen LogP contribution in [0, 0.1) is 5.41 Å². The van der Waals surface area contributed by atoms with Crippen LogP contribution in [0.25, 0.3) is 0 Å². The molecular weight excluding hydrogens is 377 g/mol. The molecule has 1 spiro atoms. The average molecular weight is 407 g/mol. The predicted molar refractivity (Wildman–Crippen MR) is 99.2 cm³/mol. The van der Waals surface area contributed by atoms with Crippen LogP contribution in [0.5, 0.6) is 0 Å². The number of hydrogen-bond acceptors (Lipinski definition) is 2. The van der Waals surface area contributed by atoms with Gasteiger partial charge in [0.05, 0.1) is 12.6 Å². The minimum atomic E-state index is 0. The van der Waals surface area contributed by atoms with Gasteiger partial charge in [-0.25, -0.2) is 4.99 Å². The molecule has 0 radical (unpaired) electrons. The minimum Gasteiger partial charge on any atom is -0.378 e. The zero-order valence-electron chi connectivity index (χ0n) is 13.4. The molecule has 0 heterocycles. The standard InChI is InChI=1S/C16H29N3O.HI/c1-4-20-14-10-13(16(14)8-6-5-7-9-16)19-15(17)18-11-12(2)3;/h13-14H,2,4-11H2,1,3H3,(H3,17,18,19);1H. The second kappa shape index (κ2) is 8.36. The fourth-order valence-electron chi connectivity index (χ4n) is 3.71. The van der Waals surface area contributed by atoms with Crippen LogP contribution in [0.3, 0.4) is 0 Å². The first-order valence-corrected chi connectivity index (χ1v) is 7.91. The largest absolute Gasteiger partial charge is 0.378 e. The number of aliphatic imine (C=N–C) groups is 1. The first-order chi connectivity index (χ1) is 9.58. The molecule has 2 aliphatic carbocycles. The summed E-state index contributed by atoms with van der Waals surface area (Å²) in [6.07, 6.45) is 7.93. The Balaban J connectivity index is 0.00000220. The maximum Gasteiger partial charge on any atom is 0.189 e. The normalized spacial score (nSPS) is 27.6. The van der Waals surface area contributed by atoms with Crippen LogP contribution in [0.1, 0.15) is 52.4 Å². The van der Waals surface area contributed by atoms with E-state index in [0.717, 1.165) is 18.6 Å². The number of guanidine groups is 1.